The van der Waals surface area contributed by atoms with Crippen LogP contribution in [0.4, 0.5) is 0 Å². The van der Waals surface area contributed by atoms with Crippen molar-refractivity contribution in [2.24, 2.45) is 23.7 Å². The maximum atomic E-state index is 14.6. The summed E-state index contributed by atoms with van der Waals surface area (Å²) >= 11 is 0. The lowest BCUT2D eigenvalue weighted by Crippen LogP contribution is -2.78. The number of ether oxygens (including phenoxy) is 3. The topological polar surface area (TPSA) is 194 Å². The number of aliphatic hydroxyl groups excluding tert-OH is 3. The quantitative estimate of drug-likeness (QED) is 0.0902. The van der Waals surface area contributed by atoms with Gasteiger partial charge in [-0.2, -0.15) is 0 Å². The highest BCUT2D eigenvalue weighted by molar-refractivity contribution is 6.14. The molecule has 4 aromatic carbocycles. The average Bonchev–Trinajstić information content (AvgIpc) is 3.65. The number of carbonyl (C=O) groups excluding carboxylic acids is 1. The van der Waals surface area contributed by atoms with Crippen LogP contribution < -0.4 is 10.1 Å². The summed E-state index contributed by atoms with van der Waals surface area (Å²) in [7, 11) is 1.80. The van der Waals surface area contributed by atoms with Crippen molar-refractivity contribution in [1.29, 1.82) is 0 Å². The molecule has 5 aromatic rings. The van der Waals surface area contributed by atoms with Crippen molar-refractivity contribution in [3.05, 3.63) is 108 Å². The summed E-state index contributed by atoms with van der Waals surface area (Å²) in [4.78, 5) is 17.8. The minimum absolute atomic E-state index is 0.0698. The van der Waals surface area contributed by atoms with E-state index in [-0.39, 0.29) is 23.1 Å². The van der Waals surface area contributed by atoms with E-state index in [1.54, 1.807) is 37.4 Å². The number of aromatic nitrogens is 1. The van der Waals surface area contributed by atoms with E-state index < -0.39 is 71.7 Å². The number of esters is 1. The molecule has 12 heteroatoms. The first-order valence-electron chi connectivity index (χ1n) is 18.8. The molecule has 1 saturated carbocycles. The molecule has 5 aliphatic rings. The fourth-order valence-corrected chi connectivity index (χ4v) is 10.7. The Morgan fingerprint density at radius 1 is 1.00 bits per heavy atom. The Balaban J connectivity index is 1.09. The van der Waals surface area contributed by atoms with E-state index >= 15 is 0 Å². The summed E-state index contributed by atoms with van der Waals surface area (Å²) in [6, 6.07) is 22.5. The Bertz CT molecular complexity index is 2440. The Labute approximate surface area is 315 Å². The summed E-state index contributed by atoms with van der Waals surface area (Å²) in [6.07, 6.45) is -0.0747. The van der Waals surface area contributed by atoms with Crippen molar-refractivity contribution >= 4 is 38.4 Å². The third kappa shape index (κ3) is 4.71. The molecule has 0 spiro atoms. The van der Waals surface area contributed by atoms with Gasteiger partial charge in [-0.25, -0.2) is 4.79 Å². The van der Waals surface area contributed by atoms with E-state index in [9.17, 15) is 35.4 Å². The zero-order valence-electron chi connectivity index (χ0n) is 29.9. The second-order valence-corrected chi connectivity index (χ2v) is 15.9. The second kappa shape index (κ2) is 12.2. The predicted octanol–water partition coefficient (Wildman–Crippen LogP) is 3.10. The third-order valence-electron chi connectivity index (χ3n) is 13.2. The fraction of sp³-hybridized carbons (Fsp3) is 0.372. The maximum absolute atomic E-state index is 14.6. The fourth-order valence-electron chi connectivity index (χ4n) is 10.7. The molecule has 8 N–H and O–H groups in total. The van der Waals surface area contributed by atoms with Crippen molar-refractivity contribution in [1.82, 2.24) is 10.3 Å². The lowest BCUT2D eigenvalue weighted by atomic mass is 9.48. The van der Waals surface area contributed by atoms with Gasteiger partial charge in [0.2, 0.25) is 5.79 Å². The Hall–Kier alpha value is -4.63. The first-order chi connectivity index (χ1) is 26.5. The van der Waals surface area contributed by atoms with E-state index in [0.29, 0.717) is 35.9 Å². The average molecular weight is 747 g/mol. The van der Waals surface area contributed by atoms with Gasteiger partial charge < -0.3 is 55.2 Å². The van der Waals surface area contributed by atoms with Gasteiger partial charge in [-0.1, -0.05) is 54.6 Å². The highest BCUT2D eigenvalue weighted by Gasteiger charge is 2.81. The molecule has 3 heterocycles. The van der Waals surface area contributed by atoms with Gasteiger partial charge in [0, 0.05) is 24.3 Å². The van der Waals surface area contributed by atoms with Crippen LogP contribution in [0.5, 0.6) is 11.5 Å². The number of H-pyrrole nitrogens is 1. The van der Waals surface area contributed by atoms with Gasteiger partial charge in [0.25, 0.3) is 0 Å². The van der Waals surface area contributed by atoms with Gasteiger partial charge in [0.05, 0.1) is 34.9 Å². The number of aromatic hydroxyl groups is 1. The number of aromatic amines is 1. The standard InChI is InChI=1S/C43H42N2O10/c1-44-19-26-17-29-35-25-12-13-41(29,30(36(26)49)14-21-6-9-27(47)10-7-21)55-39-38(54-43(52,33(48)18-25)42(35,39)51)40(50)53-37-32(20-46)45-31-11-8-24-15-22-4-2-3-5-23(22)16-28(24)34(31)37/h2-13,15-16,18,26,29-30,33,35-36,38-39,44-49,51-52H,14,17,19-20H2,1H3. The number of rotatable bonds is 7. The van der Waals surface area contributed by atoms with E-state index in [1.165, 1.54) is 6.08 Å². The van der Waals surface area contributed by atoms with Gasteiger partial charge >= 0.3 is 5.97 Å². The SMILES string of the molecule is CNCC1CC2C3C4=CC(O)C5(O)OC(C(=O)Oc6c(CO)[nH]c7ccc8cc9ccccc9cc8c67)C(OC2(C=C4)C(Cc2ccc(O)cc2)C1O)C35O. The molecule has 0 amide bonds. The number of benzene rings is 4. The number of phenolic OH excluding ortho intramolecular Hbond substituents is 1. The normalized spacial score (nSPS) is 35.9. The van der Waals surface area contributed by atoms with Gasteiger partial charge in [0.1, 0.15) is 18.0 Å². The molecule has 2 saturated heterocycles. The lowest BCUT2D eigenvalue weighted by Gasteiger charge is -2.66. The molecular formula is C43H42N2O10. The second-order valence-electron chi connectivity index (χ2n) is 15.9. The molecule has 0 radical (unpaired) electrons. The smallest absolute Gasteiger partial charge is 0.343 e. The van der Waals surface area contributed by atoms with Crippen LogP contribution in [0.15, 0.2) is 96.6 Å². The molecule has 11 unspecified atom stereocenters. The van der Waals surface area contributed by atoms with Crippen molar-refractivity contribution in [2.45, 2.75) is 60.9 Å². The van der Waals surface area contributed by atoms with Crippen LogP contribution in [0.2, 0.25) is 0 Å². The van der Waals surface area contributed by atoms with E-state index in [2.05, 4.69) is 10.3 Å². The van der Waals surface area contributed by atoms with Crippen LogP contribution in [0.25, 0.3) is 32.4 Å². The van der Waals surface area contributed by atoms with Crippen LogP contribution in [-0.4, -0.2) is 96.6 Å². The van der Waals surface area contributed by atoms with Gasteiger partial charge in [-0.15, -0.1) is 0 Å². The van der Waals surface area contributed by atoms with Crippen LogP contribution in [0.1, 0.15) is 17.7 Å². The van der Waals surface area contributed by atoms with Crippen molar-refractivity contribution in [3.8, 4) is 11.5 Å². The minimum atomic E-state index is -2.65. The zero-order valence-corrected chi connectivity index (χ0v) is 29.9. The van der Waals surface area contributed by atoms with Crippen molar-refractivity contribution < 1.29 is 49.6 Å². The van der Waals surface area contributed by atoms with Gasteiger partial charge in [0.15, 0.2) is 17.5 Å². The Kier molecular flexibility index (Phi) is 7.72. The molecule has 3 fully saturated rings. The maximum Gasteiger partial charge on any atom is 0.343 e. The monoisotopic (exact) mass is 746 g/mol. The molecule has 2 aliphatic heterocycles. The largest absolute Gasteiger partial charge is 0.508 e. The molecule has 55 heavy (non-hydrogen) atoms. The van der Waals surface area contributed by atoms with Crippen molar-refractivity contribution in [2.75, 3.05) is 13.6 Å². The third-order valence-corrected chi connectivity index (χ3v) is 13.2. The Morgan fingerprint density at radius 2 is 1.76 bits per heavy atom. The van der Waals surface area contributed by atoms with E-state index in [4.69, 9.17) is 14.2 Å². The number of aliphatic hydroxyl groups is 5. The van der Waals surface area contributed by atoms with Crippen LogP contribution in [-0.2, 0) is 27.3 Å². The molecular weight excluding hydrogens is 704 g/mol. The summed E-state index contributed by atoms with van der Waals surface area (Å²) in [5.41, 5.74) is -1.28. The first-order valence-corrected chi connectivity index (χ1v) is 18.8. The summed E-state index contributed by atoms with van der Waals surface area (Å²) in [5.74, 6) is -5.69. The molecule has 2 bridgehead atoms. The van der Waals surface area contributed by atoms with E-state index in [1.807, 2.05) is 54.6 Å². The molecule has 284 valence electrons. The summed E-state index contributed by atoms with van der Waals surface area (Å²) in [5, 5.41) is 76.6. The lowest BCUT2D eigenvalue weighted by molar-refractivity contribution is -0.353. The molecule has 1 aromatic heterocycles. The number of nitrogens with one attached hydrogen (secondary N) is 2. The minimum Gasteiger partial charge on any atom is -0.508 e. The van der Waals surface area contributed by atoms with Crippen LogP contribution >= 0.6 is 0 Å². The number of carbonyl (C=O) groups is 1. The zero-order chi connectivity index (χ0) is 38.0. The van der Waals surface area contributed by atoms with Crippen molar-refractivity contribution in [3.63, 3.8) is 0 Å². The number of phenols is 1. The van der Waals surface area contributed by atoms with Crippen LogP contribution in [0, 0.1) is 23.7 Å². The van der Waals surface area contributed by atoms with E-state index in [0.717, 1.165) is 27.1 Å². The summed E-state index contributed by atoms with van der Waals surface area (Å²) < 4.78 is 19.3. The Morgan fingerprint density at radius 3 is 2.51 bits per heavy atom. The molecule has 10 rings (SSSR count). The molecule has 3 aliphatic carbocycles. The highest BCUT2D eigenvalue weighted by atomic mass is 16.7. The summed E-state index contributed by atoms with van der Waals surface area (Å²) in [6.45, 7) is -0.0161. The highest BCUT2D eigenvalue weighted by Crippen LogP contribution is 2.66. The first kappa shape index (κ1) is 34.8. The van der Waals surface area contributed by atoms with Crippen LogP contribution in [0.3, 0.4) is 0 Å². The number of hydrogen-bond donors (Lipinski definition) is 8. The number of allylic oxidation sites excluding steroid dienone is 1. The van der Waals surface area contributed by atoms with Gasteiger partial charge in [-0.3, -0.25) is 0 Å². The molecule has 11 atom stereocenters. The number of fused-ring (bicyclic) bond motifs is 4. The number of hydrogen-bond acceptors (Lipinski definition) is 11. The molecule has 12 nitrogen and oxygen atoms in total. The van der Waals surface area contributed by atoms with Gasteiger partial charge in [-0.05, 0) is 94.9 Å². The predicted molar refractivity (Wildman–Crippen MR) is 201 cm³/mol.